The fraction of sp³-hybridized carbons (Fsp3) is 0.125. The topological polar surface area (TPSA) is 21.6 Å². The molecular formula is C8H8ClNO. The normalized spacial score (nSPS) is 11.3. The van der Waals surface area contributed by atoms with Gasteiger partial charge in [0.15, 0.2) is 5.75 Å². The standard InChI is InChI=1S/C8H8ClNO/c1-7(9)10-11-8-5-3-2-4-6-8/h2-6H,1H3/b10-7+. The lowest BCUT2D eigenvalue weighted by Gasteiger charge is -1.95. The van der Waals surface area contributed by atoms with E-state index in [4.69, 9.17) is 16.4 Å². The summed E-state index contributed by atoms with van der Waals surface area (Å²) in [6, 6.07) is 9.26. The Morgan fingerprint density at radius 3 is 2.55 bits per heavy atom. The van der Waals surface area contributed by atoms with Gasteiger partial charge in [0, 0.05) is 0 Å². The first-order chi connectivity index (χ1) is 5.29. The summed E-state index contributed by atoms with van der Waals surface area (Å²) in [5, 5.41) is 3.96. The Bertz CT molecular complexity index is 242. The summed E-state index contributed by atoms with van der Waals surface area (Å²) in [5.41, 5.74) is 0. The summed E-state index contributed by atoms with van der Waals surface area (Å²) in [6.07, 6.45) is 0. The van der Waals surface area contributed by atoms with Crippen LogP contribution in [0.25, 0.3) is 0 Å². The summed E-state index contributed by atoms with van der Waals surface area (Å²) >= 11 is 5.45. The van der Waals surface area contributed by atoms with Gasteiger partial charge in [-0.25, -0.2) is 0 Å². The second-order valence-electron chi connectivity index (χ2n) is 1.99. The van der Waals surface area contributed by atoms with Gasteiger partial charge < -0.3 is 4.84 Å². The summed E-state index contributed by atoms with van der Waals surface area (Å²) in [6.45, 7) is 1.66. The summed E-state index contributed by atoms with van der Waals surface area (Å²) in [4.78, 5) is 4.92. The zero-order chi connectivity index (χ0) is 8.10. The molecule has 0 saturated carbocycles. The lowest BCUT2D eigenvalue weighted by Crippen LogP contribution is -1.85. The van der Waals surface area contributed by atoms with Gasteiger partial charge in [0.25, 0.3) is 0 Å². The molecule has 1 rings (SSSR count). The number of para-hydroxylation sites is 1. The van der Waals surface area contributed by atoms with Gasteiger partial charge in [-0.05, 0) is 19.1 Å². The smallest absolute Gasteiger partial charge is 0.158 e. The highest BCUT2D eigenvalue weighted by Gasteiger charge is 1.87. The maximum absolute atomic E-state index is 5.45. The van der Waals surface area contributed by atoms with Crippen LogP contribution in [0.4, 0.5) is 0 Å². The fourth-order valence-electron chi connectivity index (χ4n) is 0.597. The molecule has 2 nitrogen and oxygen atoms in total. The highest BCUT2D eigenvalue weighted by atomic mass is 35.5. The molecule has 0 aliphatic rings. The van der Waals surface area contributed by atoms with E-state index in [0.717, 1.165) is 0 Å². The molecule has 0 aliphatic heterocycles. The molecule has 1 aromatic rings. The van der Waals surface area contributed by atoms with Crippen molar-refractivity contribution in [3.8, 4) is 5.75 Å². The maximum Gasteiger partial charge on any atom is 0.158 e. The van der Waals surface area contributed by atoms with E-state index < -0.39 is 0 Å². The summed E-state index contributed by atoms with van der Waals surface area (Å²) in [7, 11) is 0. The Morgan fingerprint density at radius 2 is 2.00 bits per heavy atom. The number of hydrogen-bond acceptors (Lipinski definition) is 2. The van der Waals surface area contributed by atoms with E-state index in [1.165, 1.54) is 0 Å². The van der Waals surface area contributed by atoms with Crippen LogP contribution in [0.5, 0.6) is 5.75 Å². The van der Waals surface area contributed by atoms with E-state index in [2.05, 4.69) is 5.16 Å². The average molecular weight is 170 g/mol. The number of rotatable bonds is 2. The van der Waals surface area contributed by atoms with Crippen LogP contribution >= 0.6 is 11.6 Å². The molecule has 0 aliphatic carbocycles. The third kappa shape index (κ3) is 3.05. The molecular weight excluding hydrogens is 162 g/mol. The monoisotopic (exact) mass is 169 g/mol. The van der Waals surface area contributed by atoms with Crippen molar-refractivity contribution in [2.75, 3.05) is 0 Å². The van der Waals surface area contributed by atoms with Crippen molar-refractivity contribution in [1.29, 1.82) is 0 Å². The van der Waals surface area contributed by atoms with Crippen molar-refractivity contribution in [3.63, 3.8) is 0 Å². The molecule has 11 heavy (non-hydrogen) atoms. The van der Waals surface area contributed by atoms with Gasteiger partial charge in [0.1, 0.15) is 5.17 Å². The molecule has 0 saturated heterocycles. The first-order valence-electron chi connectivity index (χ1n) is 3.21. The Hall–Kier alpha value is -1.02. The molecule has 0 aromatic heterocycles. The van der Waals surface area contributed by atoms with Crippen LogP contribution in [0.3, 0.4) is 0 Å². The van der Waals surface area contributed by atoms with Crippen LogP contribution in [0.2, 0.25) is 0 Å². The number of benzene rings is 1. The first-order valence-corrected chi connectivity index (χ1v) is 3.59. The minimum absolute atomic E-state index is 0.383. The minimum Gasteiger partial charge on any atom is -0.356 e. The molecule has 0 atom stereocenters. The highest BCUT2D eigenvalue weighted by Crippen LogP contribution is 2.08. The van der Waals surface area contributed by atoms with Crippen molar-refractivity contribution in [1.82, 2.24) is 0 Å². The van der Waals surface area contributed by atoms with Crippen LogP contribution in [0, 0.1) is 0 Å². The van der Waals surface area contributed by atoms with Crippen LogP contribution in [0.15, 0.2) is 35.5 Å². The van der Waals surface area contributed by atoms with Crippen LogP contribution in [-0.4, -0.2) is 5.17 Å². The highest BCUT2D eigenvalue weighted by molar-refractivity contribution is 6.64. The van der Waals surface area contributed by atoms with Crippen molar-refractivity contribution < 1.29 is 4.84 Å². The first kappa shape index (κ1) is 8.08. The summed E-state index contributed by atoms with van der Waals surface area (Å²) in [5.74, 6) is 0.688. The predicted molar refractivity (Wildman–Crippen MR) is 46.0 cm³/mol. The van der Waals surface area contributed by atoms with E-state index in [1.807, 2.05) is 30.3 Å². The van der Waals surface area contributed by atoms with Crippen LogP contribution in [0.1, 0.15) is 6.92 Å². The van der Waals surface area contributed by atoms with Gasteiger partial charge in [-0.3, -0.25) is 0 Å². The largest absolute Gasteiger partial charge is 0.356 e. The molecule has 0 heterocycles. The van der Waals surface area contributed by atoms with Crippen molar-refractivity contribution in [3.05, 3.63) is 30.3 Å². The van der Waals surface area contributed by atoms with Crippen molar-refractivity contribution in [2.24, 2.45) is 5.16 Å². The van der Waals surface area contributed by atoms with Gasteiger partial charge >= 0.3 is 0 Å². The second kappa shape index (κ2) is 3.98. The molecule has 0 unspecified atom stereocenters. The number of oxime groups is 1. The fourth-order valence-corrected chi connectivity index (χ4v) is 0.631. The Balaban J connectivity index is 2.59. The van der Waals surface area contributed by atoms with Crippen LogP contribution < -0.4 is 4.84 Å². The average Bonchev–Trinajstić information content (AvgIpc) is 2.03. The predicted octanol–water partition coefficient (Wildman–Crippen LogP) is 2.64. The van der Waals surface area contributed by atoms with E-state index in [-0.39, 0.29) is 0 Å². The molecule has 0 amide bonds. The molecule has 58 valence electrons. The third-order valence-corrected chi connectivity index (χ3v) is 1.09. The Labute approximate surface area is 70.4 Å². The molecule has 1 aromatic carbocycles. The van der Waals surface area contributed by atoms with Gasteiger partial charge in [-0.15, -0.1) is 0 Å². The molecule has 3 heteroatoms. The van der Waals surface area contributed by atoms with Gasteiger partial charge in [-0.1, -0.05) is 35.0 Å². The SMILES string of the molecule is C/C(Cl)=N\Oc1ccccc1. The second-order valence-corrected chi connectivity index (χ2v) is 2.54. The molecule has 0 fully saturated rings. The quantitative estimate of drug-likeness (QED) is 0.493. The molecule has 0 radical (unpaired) electrons. The van der Waals surface area contributed by atoms with Crippen LogP contribution in [-0.2, 0) is 0 Å². The lowest BCUT2D eigenvalue weighted by molar-refractivity contribution is 0.342. The maximum atomic E-state index is 5.45. The number of hydrogen-bond donors (Lipinski definition) is 0. The van der Waals surface area contributed by atoms with E-state index in [0.29, 0.717) is 10.9 Å². The van der Waals surface area contributed by atoms with Crippen molar-refractivity contribution in [2.45, 2.75) is 6.92 Å². The van der Waals surface area contributed by atoms with E-state index in [1.54, 1.807) is 6.92 Å². The molecule has 0 N–H and O–H groups in total. The zero-order valence-electron chi connectivity index (χ0n) is 6.12. The summed E-state index contributed by atoms with van der Waals surface area (Å²) < 4.78 is 0. The molecule has 0 spiro atoms. The van der Waals surface area contributed by atoms with E-state index in [9.17, 15) is 0 Å². The van der Waals surface area contributed by atoms with Gasteiger partial charge in [-0.2, -0.15) is 0 Å². The minimum atomic E-state index is 0.383. The number of halogens is 1. The third-order valence-electron chi connectivity index (χ3n) is 1.02. The van der Waals surface area contributed by atoms with Gasteiger partial charge in [0.2, 0.25) is 0 Å². The Kier molecular flexibility index (Phi) is 2.93. The lowest BCUT2D eigenvalue weighted by atomic mass is 10.3. The van der Waals surface area contributed by atoms with Crippen molar-refractivity contribution >= 4 is 16.8 Å². The van der Waals surface area contributed by atoms with E-state index >= 15 is 0 Å². The zero-order valence-corrected chi connectivity index (χ0v) is 6.88. The number of nitrogens with zero attached hydrogens (tertiary/aromatic N) is 1. The Morgan fingerprint density at radius 1 is 1.36 bits per heavy atom. The molecule has 0 bridgehead atoms. The van der Waals surface area contributed by atoms with Gasteiger partial charge in [0.05, 0.1) is 0 Å².